The van der Waals surface area contributed by atoms with Gasteiger partial charge in [0.2, 0.25) is 10.0 Å². The first kappa shape index (κ1) is 22.6. The number of sulfonamides is 1. The highest BCUT2D eigenvalue weighted by atomic mass is 32.2. The Morgan fingerprint density at radius 3 is 2.44 bits per heavy atom. The topological polar surface area (TPSA) is 116 Å². The zero-order valence-electron chi connectivity index (χ0n) is 19.2. The second-order valence-electron chi connectivity index (χ2n) is 11.4. The van der Waals surface area contributed by atoms with Crippen molar-refractivity contribution in [3.63, 3.8) is 0 Å². The van der Waals surface area contributed by atoms with Gasteiger partial charge in [0.25, 0.3) is 5.91 Å². The fourth-order valence-electron chi connectivity index (χ4n) is 7.59. The first-order chi connectivity index (χ1) is 15.3. The van der Waals surface area contributed by atoms with Crippen LogP contribution in [0, 0.1) is 35.0 Å². The number of carbonyl (C=O) groups is 1. The zero-order chi connectivity index (χ0) is 22.5. The van der Waals surface area contributed by atoms with Crippen LogP contribution in [0.25, 0.3) is 0 Å². The molecular weight excluding hydrogens is 424 g/mol. The number of carbonyl (C=O) groups excluding carboxylic acids is 1. The van der Waals surface area contributed by atoms with Crippen molar-refractivity contribution in [2.45, 2.75) is 101 Å². The van der Waals surface area contributed by atoms with Gasteiger partial charge < -0.3 is 5.73 Å². The number of nitrogens with zero attached hydrogens (tertiary/aromatic N) is 1. The molecule has 8 heteroatoms. The quantitative estimate of drug-likeness (QED) is 0.413. The molecule has 7 unspecified atom stereocenters. The predicted molar refractivity (Wildman–Crippen MR) is 125 cm³/mol. The lowest BCUT2D eigenvalue weighted by Gasteiger charge is -2.45. The van der Waals surface area contributed by atoms with Crippen LogP contribution in [0.3, 0.4) is 0 Å². The monoisotopic (exact) mass is 464 g/mol. The fraction of sp³-hybridized carbons (Fsp3) is 0.917. The van der Waals surface area contributed by atoms with Crippen LogP contribution in [0.1, 0.15) is 83.5 Å². The maximum atomic E-state index is 13.3. The lowest BCUT2D eigenvalue weighted by molar-refractivity contribution is -0.124. The predicted octanol–water partition coefficient (Wildman–Crippen LogP) is 3.00. The molecule has 7 nitrogen and oxygen atoms in total. The van der Waals surface area contributed by atoms with E-state index in [2.05, 4.69) is 9.62 Å². The Kier molecular flexibility index (Phi) is 6.29. The van der Waals surface area contributed by atoms with Crippen LogP contribution in [0.15, 0.2) is 0 Å². The van der Waals surface area contributed by atoms with Crippen LogP contribution in [0.4, 0.5) is 0 Å². The van der Waals surface area contributed by atoms with Gasteiger partial charge in [-0.25, -0.2) is 8.42 Å². The molecule has 4 saturated carbocycles. The summed E-state index contributed by atoms with van der Waals surface area (Å²) in [5, 5.41) is 7.60. The summed E-state index contributed by atoms with van der Waals surface area (Å²) in [6, 6.07) is -0.130. The van der Waals surface area contributed by atoms with Crippen molar-refractivity contribution in [1.82, 2.24) is 9.62 Å². The van der Waals surface area contributed by atoms with Gasteiger partial charge in [-0.2, -0.15) is 0 Å². The van der Waals surface area contributed by atoms with E-state index < -0.39 is 10.0 Å². The van der Waals surface area contributed by atoms with E-state index in [1.807, 2.05) is 0 Å². The Morgan fingerprint density at radius 2 is 1.69 bits per heavy atom. The van der Waals surface area contributed by atoms with E-state index >= 15 is 0 Å². The minimum absolute atomic E-state index is 0.0875. The molecule has 5 rings (SSSR count). The molecule has 7 atom stereocenters. The summed E-state index contributed by atoms with van der Waals surface area (Å²) in [7, 11) is -3.54. The Hall–Kier alpha value is -1.15. The maximum Gasteiger partial charge on any atom is 0.250 e. The van der Waals surface area contributed by atoms with Crippen LogP contribution in [0.2, 0.25) is 0 Å². The molecule has 1 heterocycles. The molecule has 0 spiro atoms. The van der Waals surface area contributed by atoms with Gasteiger partial charge in [-0.1, -0.05) is 32.1 Å². The summed E-state index contributed by atoms with van der Waals surface area (Å²) >= 11 is 0. The molecule has 1 amide bonds. The fourth-order valence-corrected chi connectivity index (χ4v) is 8.93. The van der Waals surface area contributed by atoms with E-state index in [0.29, 0.717) is 24.7 Å². The van der Waals surface area contributed by atoms with Crippen molar-refractivity contribution >= 4 is 21.8 Å². The maximum absolute atomic E-state index is 13.3. The minimum atomic E-state index is -3.54. The Balaban J connectivity index is 1.36. The highest BCUT2D eigenvalue weighted by Gasteiger charge is 2.50. The summed E-state index contributed by atoms with van der Waals surface area (Å²) in [4.78, 5) is 15.7. The molecule has 32 heavy (non-hydrogen) atoms. The van der Waals surface area contributed by atoms with Gasteiger partial charge in [0, 0.05) is 18.5 Å². The van der Waals surface area contributed by atoms with Crippen molar-refractivity contribution in [3.8, 4) is 0 Å². The molecule has 0 aromatic heterocycles. The Morgan fingerprint density at radius 1 is 0.938 bits per heavy atom. The standard InChI is InChI=1S/C24H40N4O3S/c25-23(26)17-9-8-16-12-22(24(29)27-32(30,31)19-10-11-19)28(21(16)13-17)14-18-6-3-5-15-4-1-2-7-20(15)18/h15-22H,1-14H2,(H3,25,26)(H,27,29). The zero-order valence-corrected chi connectivity index (χ0v) is 20.0. The summed E-state index contributed by atoms with van der Waals surface area (Å²) < 4.78 is 27.5. The largest absolute Gasteiger partial charge is 0.387 e. The molecule has 0 bridgehead atoms. The van der Waals surface area contributed by atoms with Crippen molar-refractivity contribution in [1.29, 1.82) is 5.41 Å². The molecule has 180 valence electrons. The van der Waals surface area contributed by atoms with Crippen molar-refractivity contribution < 1.29 is 13.2 Å². The van der Waals surface area contributed by atoms with Gasteiger partial charge in [-0.05, 0) is 75.0 Å². The summed E-state index contributed by atoms with van der Waals surface area (Å²) in [5.41, 5.74) is 5.89. The molecule has 4 N–H and O–H groups in total. The van der Waals surface area contributed by atoms with Crippen LogP contribution < -0.4 is 10.5 Å². The van der Waals surface area contributed by atoms with Gasteiger partial charge in [-0.15, -0.1) is 0 Å². The number of likely N-dealkylation sites (tertiary alicyclic amines) is 1. The average Bonchev–Trinajstić information content (AvgIpc) is 3.57. The number of nitrogens with two attached hydrogens (primary N) is 1. The van der Waals surface area contributed by atoms with Gasteiger partial charge >= 0.3 is 0 Å². The highest BCUT2D eigenvalue weighted by molar-refractivity contribution is 7.90. The van der Waals surface area contributed by atoms with Gasteiger partial charge in [0.1, 0.15) is 0 Å². The normalized spacial score (nSPS) is 40.3. The van der Waals surface area contributed by atoms with Gasteiger partial charge in [0.05, 0.1) is 17.1 Å². The molecule has 4 aliphatic carbocycles. The van der Waals surface area contributed by atoms with E-state index in [0.717, 1.165) is 44.1 Å². The van der Waals surface area contributed by atoms with Crippen LogP contribution in [0.5, 0.6) is 0 Å². The lowest BCUT2D eigenvalue weighted by Crippen LogP contribution is -2.52. The molecular formula is C24H40N4O3S. The number of nitrogens with one attached hydrogen (secondary N) is 2. The van der Waals surface area contributed by atoms with E-state index in [4.69, 9.17) is 11.1 Å². The average molecular weight is 465 g/mol. The van der Waals surface area contributed by atoms with E-state index in [1.165, 1.54) is 44.9 Å². The molecule has 0 aromatic rings. The van der Waals surface area contributed by atoms with Crippen LogP contribution in [-0.2, 0) is 14.8 Å². The third-order valence-electron chi connectivity index (χ3n) is 9.43. The Labute approximate surface area is 192 Å². The first-order valence-electron chi connectivity index (χ1n) is 13.0. The van der Waals surface area contributed by atoms with Crippen LogP contribution >= 0.6 is 0 Å². The number of fused-ring (bicyclic) bond motifs is 2. The molecule has 1 saturated heterocycles. The van der Waals surface area contributed by atoms with E-state index in [9.17, 15) is 13.2 Å². The number of hydrogen-bond donors (Lipinski definition) is 3. The third-order valence-corrected chi connectivity index (χ3v) is 11.3. The molecule has 5 fully saturated rings. The third kappa shape index (κ3) is 4.46. The number of amidine groups is 1. The van der Waals surface area contributed by atoms with Crippen LogP contribution in [-0.4, -0.2) is 48.9 Å². The second-order valence-corrected chi connectivity index (χ2v) is 13.3. The SMILES string of the molecule is N=C(N)C1CCC2CC(C(=O)NS(=O)(=O)C3CC3)N(CC3CCCC4CCCCC43)C2C1. The summed E-state index contributed by atoms with van der Waals surface area (Å²) in [6.45, 7) is 0.897. The molecule has 5 aliphatic rings. The molecule has 0 radical (unpaired) electrons. The van der Waals surface area contributed by atoms with Gasteiger partial charge in [-0.3, -0.25) is 19.8 Å². The lowest BCUT2D eigenvalue weighted by atomic mass is 9.65. The highest BCUT2D eigenvalue weighted by Crippen LogP contribution is 2.47. The summed E-state index contributed by atoms with van der Waals surface area (Å²) in [5.74, 6) is 2.61. The summed E-state index contributed by atoms with van der Waals surface area (Å²) in [6.07, 6.45) is 14.0. The minimum Gasteiger partial charge on any atom is -0.387 e. The van der Waals surface area contributed by atoms with Gasteiger partial charge in [0.15, 0.2) is 0 Å². The number of hydrogen-bond acceptors (Lipinski definition) is 5. The number of rotatable bonds is 6. The van der Waals surface area contributed by atoms with Crippen molar-refractivity contribution in [2.75, 3.05) is 6.54 Å². The Bertz CT molecular complexity index is 840. The van der Waals surface area contributed by atoms with Crippen molar-refractivity contribution in [3.05, 3.63) is 0 Å². The number of amides is 1. The molecule has 1 aliphatic heterocycles. The van der Waals surface area contributed by atoms with Crippen molar-refractivity contribution in [2.24, 2.45) is 35.3 Å². The van der Waals surface area contributed by atoms with E-state index in [1.54, 1.807) is 0 Å². The molecule has 0 aromatic carbocycles. The second kappa shape index (κ2) is 8.90. The first-order valence-corrected chi connectivity index (χ1v) is 14.5. The smallest absolute Gasteiger partial charge is 0.250 e. The van der Waals surface area contributed by atoms with E-state index in [-0.39, 0.29) is 35.0 Å².